The largest absolute Gasteiger partial charge is 0.450 e. The van der Waals surface area contributed by atoms with Crippen molar-refractivity contribution in [1.29, 1.82) is 0 Å². The van der Waals surface area contributed by atoms with Crippen LogP contribution in [0.25, 0.3) is 11.0 Å². The first-order valence-electron chi connectivity index (χ1n) is 8.95. The van der Waals surface area contributed by atoms with E-state index in [1.54, 1.807) is 35.2 Å². The molecule has 1 aliphatic heterocycles. The van der Waals surface area contributed by atoms with Crippen LogP contribution in [0.15, 0.2) is 86.5 Å². The molecule has 4 aromatic rings. The average molecular weight is 467 g/mol. The van der Waals surface area contributed by atoms with Gasteiger partial charge < -0.3 is 4.42 Å². The summed E-state index contributed by atoms with van der Waals surface area (Å²) < 4.78 is 6.71. The summed E-state index contributed by atoms with van der Waals surface area (Å²) in [5.74, 6) is -0.262. The van der Waals surface area contributed by atoms with E-state index in [4.69, 9.17) is 16.0 Å². The fourth-order valence-corrected chi connectivity index (χ4v) is 4.25. The van der Waals surface area contributed by atoms with Gasteiger partial charge in [0, 0.05) is 15.2 Å². The minimum atomic E-state index is -0.600. The van der Waals surface area contributed by atoms with Gasteiger partial charge in [-0.25, -0.2) is 0 Å². The summed E-state index contributed by atoms with van der Waals surface area (Å²) in [6.45, 7) is 0. The lowest BCUT2D eigenvalue weighted by Gasteiger charge is -2.25. The number of hydrogen-bond donors (Lipinski definition) is 0. The highest BCUT2D eigenvalue weighted by Gasteiger charge is 2.43. The predicted molar refractivity (Wildman–Crippen MR) is 117 cm³/mol. The van der Waals surface area contributed by atoms with Crippen molar-refractivity contribution < 1.29 is 9.21 Å². The van der Waals surface area contributed by atoms with Gasteiger partial charge >= 0.3 is 0 Å². The molecule has 0 saturated heterocycles. The maximum absolute atomic E-state index is 13.5. The van der Waals surface area contributed by atoms with Crippen LogP contribution in [0.2, 0.25) is 5.02 Å². The molecule has 2 heterocycles. The summed E-state index contributed by atoms with van der Waals surface area (Å²) in [5.41, 5.74) is 1.98. The van der Waals surface area contributed by atoms with Crippen molar-refractivity contribution in [3.63, 3.8) is 0 Å². The molecule has 29 heavy (non-hydrogen) atoms. The molecule has 0 N–H and O–H groups in total. The third-order valence-electron chi connectivity index (χ3n) is 5.05. The molecular formula is C23H13BrClNO3. The van der Waals surface area contributed by atoms with Crippen LogP contribution in [0.5, 0.6) is 0 Å². The Morgan fingerprint density at radius 2 is 1.66 bits per heavy atom. The summed E-state index contributed by atoms with van der Waals surface area (Å²) in [4.78, 5) is 28.4. The Labute approximate surface area is 179 Å². The van der Waals surface area contributed by atoms with Crippen LogP contribution in [-0.4, -0.2) is 5.91 Å². The summed E-state index contributed by atoms with van der Waals surface area (Å²) in [7, 11) is 0. The first kappa shape index (κ1) is 18.2. The van der Waals surface area contributed by atoms with E-state index < -0.39 is 6.04 Å². The number of benzene rings is 3. The van der Waals surface area contributed by atoms with Crippen molar-refractivity contribution in [2.45, 2.75) is 6.04 Å². The van der Waals surface area contributed by atoms with Crippen LogP contribution in [0.4, 0.5) is 5.69 Å². The molecule has 3 aromatic carbocycles. The number of carbonyl (C=O) groups is 1. The maximum atomic E-state index is 13.5. The van der Waals surface area contributed by atoms with Gasteiger partial charge in [0.15, 0.2) is 5.43 Å². The number of nitrogens with zero attached hydrogens (tertiary/aromatic N) is 1. The van der Waals surface area contributed by atoms with Crippen molar-refractivity contribution in [3.8, 4) is 0 Å². The molecule has 1 unspecified atom stereocenters. The van der Waals surface area contributed by atoms with Crippen LogP contribution in [0, 0.1) is 0 Å². The number of carbonyl (C=O) groups excluding carboxylic acids is 1. The highest BCUT2D eigenvalue weighted by Crippen LogP contribution is 2.41. The molecule has 1 atom stereocenters. The predicted octanol–water partition coefficient (Wildman–Crippen LogP) is 5.96. The van der Waals surface area contributed by atoms with Crippen LogP contribution in [0.1, 0.15) is 27.7 Å². The Bertz CT molecular complexity index is 1320. The van der Waals surface area contributed by atoms with Gasteiger partial charge in [0.2, 0.25) is 5.76 Å². The van der Waals surface area contributed by atoms with E-state index in [-0.39, 0.29) is 17.1 Å². The zero-order valence-electron chi connectivity index (χ0n) is 14.9. The van der Waals surface area contributed by atoms with Gasteiger partial charge in [-0.15, -0.1) is 0 Å². The lowest BCUT2D eigenvalue weighted by molar-refractivity contribution is 0.0971. The number of para-hydroxylation sites is 1. The van der Waals surface area contributed by atoms with Crippen molar-refractivity contribution >= 4 is 50.1 Å². The topological polar surface area (TPSA) is 50.5 Å². The zero-order chi connectivity index (χ0) is 20.1. The summed E-state index contributed by atoms with van der Waals surface area (Å²) in [5, 5.41) is 1.01. The molecule has 0 saturated carbocycles. The Hall–Kier alpha value is -2.89. The highest BCUT2D eigenvalue weighted by atomic mass is 79.9. The SMILES string of the molecule is O=C1c2oc3ccc(Br)cc3c(=O)c2C(c2ccc(Cl)cc2)N1c1ccccc1. The number of amides is 1. The first-order valence-corrected chi connectivity index (χ1v) is 10.1. The number of rotatable bonds is 2. The maximum Gasteiger partial charge on any atom is 0.295 e. The molecule has 1 amide bonds. The summed E-state index contributed by atoms with van der Waals surface area (Å²) >= 11 is 9.46. The van der Waals surface area contributed by atoms with Gasteiger partial charge in [-0.3, -0.25) is 14.5 Å². The molecule has 0 bridgehead atoms. The molecule has 0 radical (unpaired) electrons. The normalized spacial score (nSPS) is 15.7. The van der Waals surface area contributed by atoms with E-state index in [1.807, 2.05) is 42.5 Å². The highest BCUT2D eigenvalue weighted by molar-refractivity contribution is 9.10. The van der Waals surface area contributed by atoms with Gasteiger partial charge in [0.25, 0.3) is 5.91 Å². The molecule has 0 aliphatic carbocycles. The van der Waals surface area contributed by atoms with Gasteiger partial charge in [-0.2, -0.15) is 0 Å². The Morgan fingerprint density at radius 1 is 0.931 bits per heavy atom. The molecule has 0 spiro atoms. The smallest absolute Gasteiger partial charge is 0.295 e. The second-order valence-electron chi connectivity index (χ2n) is 6.78. The third kappa shape index (κ3) is 2.89. The van der Waals surface area contributed by atoms with Gasteiger partial charge in [-0.05, 0) is 48.0 Å². The molecule has 5 rings (SSSR count). The second kappa shape index (κ2) is 6.87. The van der Waals surface area contributed by atoms with Crippen molar-refractivity contribution in [2.75, 3.05) is 4.90 Å². The standard InChI is InChI=1S/C23H13BrClNO3/c24-14-8-11-18-17(12-14)21(27)19-20(13-6-9-15(25)10-7-13)26(23(28)22(19)29-18)16-4-2-1-3-5-16/h1-12,20H. The fourth-order valence-electron chi connectivity index (χ4n) is 3.76. The minimum Gasteiger partial charge on any atom is -0.450 e. The lowest BCUT2D eigenvalue weighted by Crippen LogP contribution is -2.29. The number of fused-ring (bicyclic) bond motifs is 2. The number of anilines is 1. The lowest BCUT2D eigenvalue weighted by atomic mass is 9.98. The summed E-state index contributed by atoms with van der Waals surface area (Å²) in [6, 6.07) is 21.0. The van der Waals surface area contributed by atoms with E-state index in [1.165, 1.54) is 0 Å². The molecule has 0 fully saturated rings. The van der Waals surface area contributed by atoms with Gasteiger partial charge in [-0.1, -0.05) is 57.9 Å². The number of halogens is 2. The third-order valence-corrected chi connectivity index (χ3v) is 5.80. The molecular weight excluding hydrogens is 454 g/mol. The minimum absolute atomic E-state index is 0.0774. The zero-order valence-corrected chi connectivity index (χ0v) is 17.3. The molecule has 6 heteroatoms. The Morgan fingerprint density at radius 3 is 2.38 bits per heavy atom. The molecule has 4 nitrogen and oxygen atoms in total. The van der Waals surface area contributed by atoms with Crippen LogP contribution in [-0.2, 0) is 0 Å². The quantitative estimate of drug-likeness (QED) is 0.366. The van der Waals surface area contributed by atoms with Crippen molar-refractivity contribution in [2.24, 2.45) is 0 Å². The number of hydrogen-bond acceptors (Lipinski definition) is 3. The van der Waals surface area contributed by atoms with E-state index in [0.29, 0.717) is 27.2 Å². The molecule has 142 valence electrons. The van der Waals surface area contributed by atoms with E-state index >= 15 is 0 Å². The van der Waals surface area contributed by atoms with E-state index in [2.05, 4.69) is 15.9 Å². The Balaban J connectivity index is 1.83. The van der Waals surface area contributed by atoms with Crippen molar-refractivity contribution in [1.82, 2.24) is 0 Å². The van der Waals surface area contributed by atoms with E-state index in [9.17, 15) is 9.59 Å². The van der Waals surface area contributed by atoms with Crippen LogP contribution >= 0.6 is 27.5 Å². The van der Waals surface area contributed by atoms with E-state index in [0.717, 1.165) is 10.0 Å². The van der Waals surface area contributed by atoms with Crippen molar-refractivity contribution in [3.05, 3.63) is 109 Å². The molecule has 1 aromatic heterocycles. The first-order chi connectivity index (χ1) is 14.0. The van der Waals surface area contributed by atoms with Gasteiger partial charge in [0.05, 0.1) is 17.0 Å². The van der Waals surface area contributed by atoms with Crippen LogP contribution < -0.4 is 10.3 Å². The molecule has 1 aliphatic rings. The summed E-state index contributed by atoms with van der Waals surface area (Å²) in [6.07, 6.45) is 0. The second-order valence-corrected chi connectivity index (χ2v) is 8.13. The monoisotopic (exact) mass is 465 g/mol. The van der Waals surface area contributed by atoms with Crippen LogP contribution in [0.3, 0.4) is 0 Å². The van der Waals surface area contributed by atoms with Gasteiger partial charge in [0.1, 0.15) is 5.58 Å². The average Bonchev–Trinajstić information content (AvgIpc) is 3.03. The Kier molecular flexibility index (Phi) is 4.30. The fraction of sp³-hybridized carbons (Fsp3) is 0.0435.